The van der Waals surface area contributed by atoms with Crippen molar-refractivity contribution in [2.75, 3.05) is 38.8 Å². The number of ether oxygens (including phenoxy) is 4. The molecule has 0 saturated carbocycles. The Morgan fingerprint density at radius 1 is 0.795 bits per heavy atom. The average molecular weight is 647 g/mol. The van der Waals surface area contributed by atoms with E-state index in [1.54, 1.807) is 4.90 Å². The number of nitrogens with zero attached hydrogens (tertiary/aromatic N) is 2. The molecule has 3 heterocycles. The Hall–Kier alpha value is -3.42. The summed E-state index contributed by atoms with van der Waals surface area (Å²) < 4.78 is 20.0. The summed E-state index contributed by atoms with van der Waals surface area (Å²) in [6.45, 7) is 0.931. The molecule has 2 amide bonds. The van der Waals surface area contributed by atoms with E-state index in [4.69, 9.17) is 14.2 Å². The van der Waals surface area contributed by atoms with Crippen molar-refractivity contribution >= 4 is 47.6 Å². The summed E-state index contributed by atoms with van der Waals surface area (Å²) in [6.07, 6.45) is 0.156. The fourth-order valence-electron chi connectivity index (χ4n) is 5.18. The minimum Gasteiger partial charge on any atom is -0.467 e. The van der Waals surface area contributed by atoms with Crippen LogP contribution < -0.4 is 0 Å². The van der Waals surface area contributed by atoms with Gasteiger partial charge in [0.25, 0.3) is 0 Å². The molecule has 3 atom stereocenters. The third-order valence-electron chi connectivity index (χ3n) is 7.42. The lowest BCUT2D eigenvalue weighted by Crippen LogP contribution is -2.41. The maximum Gasteiger partial charge on any atom is 0.410 e. The van der Waals surface area contributed by atoms with Crippen LogP contribution in [0, 0.1) is 0 Å². The summed E-state index contributed by atoms with van der Waals surface area (Å²) in [5.41, 5.74) is 1.78. The molecular formula is C31H38N2O9S2. The Morgan fingerprint density at radius 3 is 1.82 bits per heavy atom. The Balaban J connectivity index is 0.000000204. The van der Waals surface area contributed by atoms with Gasteiger partial charge in [0, 0.05) is 19.4 Å². The van der Waals surface area contributed by atoms with Crippen LogP contribution in [0.1, 0.15) is 30.4 Å². The topological polar surface area (TPSA) is 132 Å². The summed E-state index contributed by atoms with van der Waals surface area (Å²) >= 11 is 3.69. The van der Waals surface area contributed by atoms with E-state index in [1.165, 1.54) is 25.5 Å². The van der Waals surface area contributed by atoms with Gasteiger partial charge < -0.3 is 24.1 Å². The molecule has 0 radical (unpaired) electrons. The fraction of sp³-hybridized carbons (Fsp3) is 0.484. The lowest BCUT2D eigenvalue weighted by molar-refractivity contribution is -0.146. The molecular weight excluding hydrogens is 608 g/mol. The highest BCUT2D eigenvalue weighted by atomic mass is 32.2. The third kappa shape index (κ3) is 8.82. The summed E-state index contributed by atoms with van der Waals surface area (Å²) in [7, 11) is 2.61. The number of aliphatic hydroxyl groups is 1. The predicted octanol–water partition coefficient (Wildman–Crippen LogP) is 4.07. The minimum atomic E-state index is -0.779. The lowest BCUT2D eigenvalue weighted by atomic mass is 10.2. The normalized spacial score (nSPS) is 22.0. The Labute approximate surface area is 265 Å². The number of benzene rings is 2. The van der Waals surface area contributed by atoms with Crippen molar-refractivity contribution in [2.24, 2.45) is 0 Å². The minimum absolute atomic E-state index is 0.0768. The average Bonchev–Trinajstić information content (AvgIpc) is 3.64. The van der Waals surface area contributed by atoms with Crippen LogP contribution in [0.3, 0.4) is 0 Å². The number of carbonyl (C=O) groups is 4. The number of carbonyl (C=O) groups excluding carboxylic acids is 4. The molecule has 1 spiro atoms. The highest BCUT2D eigenvalue weighted by Gasteiger charge is 2.51. The first-order valence-corrected chi connectivity index (χ1v) is 16.3. The van der Waals surface area contributed by atoms with E-state index in [9.17, 15) is 24.3 Å². The first-order chi connectivity index (χ1) is 21.2. The first-order valence-electron chi connectivity index (χ1n) is 14.3. The van der Waals surface area contributed by atoms with Crippen LogP contribution in [0.2, 0.25) is 0 Å². The molecule has 1 N–H and O–H groups in total. The van der Waals surface area contributed by atoms with Crippen molar-refractivity contribution in [1.29, 1.82) is 0 Å². The quantitative estimate of drug-likeness (QED) is 0.360. The lowest BCUT2D eigenvalue weighted by Gasteiger charge is -2.31. The molecule has 5 rings (SSSR count). The second kappa shape index (κ2) is 16.1. The van der Waals surface area contributed by atoms with Crippen molar-refractivity contribution < 1.29 is 43.2 Å². The van der Waals surface area contributed by atoms with Crippen LogP contribution in [0.4, 0.5) is 9.59 Å². The number of methoxy groups -OCH3 is 2. The predicted molar refractivity (Wildman–Crippen MR) is 166 cm³/mol. The number of β-amino-alcohol motifs (C(OH)–C–C–N with tert-alkyl or cyclic N) is 1. The molecule has 2 aromatic rings. The van der Waals surface area contributed by atoms with Crippen LogP contribution in [0.25, 0.3) is 0 Å². The maximum atomic E-state index is 12.6. The Bertz CT molecular complexity index is 1260. The summed E-state index contributed by atoms with van der Waals surface area (Å²) in [5, 5.41) is 9.59. The Morgan fingerprint density at radius 2 is 1.30 bits per heavy atom. The molecule has 2 aromatic carbocycles. The number of amides is 2. The zero-order valence-electron chi connectivity index (χ0n) is 24.8. The fourth-order valence-corrected chi connectivity index (χ4v) is 8.53. The molecule has 3 aliphatic heterocycles. The molecule has 0 aromatic heterocycles. The van der Waals surface area contributed by atoms with Crippen molar-refractivity contribution in [1.82, 2.24) is 9.80 Å². The number of thioether (sulfide) groups is 2. The summed E-state index contributed by atoms with van der Waals surface area (Å²) in [6, 6.07) is 17.4. The third-order valence-corrected chi connectivity index (χ3v) is 10.8. The molecule has 13 heteroatoms. The molecule has 44 heavy (non-hydrogen) atoms. The SMILES string of the molecule is COC(=O)[C@@H]1CC2(CN1C(=O)OCc1ccccc1)SCCCS2.COC(=O)[C@@H]1C[C@H](O)CN1C(=O)OCc1ccccc1. The Kier molecular flexibility index (Phi) is 12.2. The molecule has 3 aliphatic rings. The van der Waals surface area contributed by atoms with E-state index in [0.717, 1.165) is 22.6 Å². The van der Waals surface area contributed by atoms with E-state index in [2.05, 4.69) is 4.74 Å². The van der Waals surface area contributed by atoms with E-state index in [1.807, 2.05) is 84.2 Å². The number of rotatable bonds is 6. The summed E-state index contributed by atoms with van der Waals surface area (Å²) in [4.78, 5) is 51.0. The van der Waals surface area contributed by atoms with Crippen LogP contribution in [0.15, 0.2) is 60.7 Å². The van der Waals surface area contributed by atoms with Gasteiger partial charge in [-0.3, -0.25) is 9.80 Å². The van der Waals surface area contributed by atoms with Gasteiger partial charge in [-0.1, -0.05) is 60.7 Å². The van der Waals surface area contributed by atoms with E-state index < -0.39 is 36.3 Å². The van der Waals surface area contributed by atoms with Gasteiger partial charge in [-0.2, -0.15) is 0 Å². The number of likely N-dealkylation sites (tertiary alicyclic amines) is 2. The monoisotopic (exact) mass is 646 g/mol. The number of hydrogen-bond acceptors (Lipinski definition) is 11. The van der Waals surface area contributed by atoms with Crippen molar-refractivity contribution in [2.45, 2.75) is 54.7 Å². The highest BCUT2D eigenvalue weighted by Crippen LogP contribution is 2.50. The van der Waals surface area contributed by atoms with Crippen molar-refractivity contribution in [3.63, 3.8) is 0 Å². The molecule has 238 valence electrons. The first kappa shape index (κ1) is 33.5. The van der Waals surface area contributed by atoms with Crippen molar-refractivity contribution in [3.8, 4) is 0 Å². The van der Waals surface area contributed by atoms with Gasteiger partial charge in [0.15, 0.2) is 0 Å². The van der Waals surface area contributed by atoms with Crippen LogP contribution in [0.5, 0.6) is 0 Å². The van der Waals surface area contributed by atoms with Crippen molar-refractivity contribution in [3.05, 3.63) is 71.8 Å². The zero-order chi connectivity index (χ0) is 31.5. The number of aliphatic hydroxyl groups excluding tert-OH is 1. The zero-order valence-corrected chi connectivity index (χ0v) is 26.4. The van der Waals surface area contributed by atoms with Gasteiger partial charge in [0.05, 0.1) is 30.9 Å². The van der Waals surface area contributed by atoms with Gasteiger partial charge in [-0.25, -0.2) is 19.2 Å². The summed E-state index contributed by atoms with van der Waals surface area (Å²) in [5.74, 6) is 1.22. The molecule has 11 nitrogen and oxygen atoms in total. The number of hydrogen-bond donors (Lipinski definition) is 1. The molecule has 0 bridgehead atoms. The molecule has 0 unspecified atom stereocenters. The molecule has 0 aliphatic carbocycles. The second-order valence-corrected chi connectivity index (χ2v) is 13.7. The smallest absolute Gasteiger partial charge is 0.410 e. The van der Waals surface area contributed by atoms with Crippen LogP contribution in [-0.2, 0) is 41.8 Å². The standard InChI is InChI=1S/C17H21NO4S2.C14H17NO5/c1-21-15(19)14-10-17(23-8-5-9-24-17)12-18(14)16(20)22-11-13-6-3-2-4-7-13;1-19-13(17)12-7-11(16)8-15(12)14(18)20-9-10-5-3-2-4-6-10/h2-4,6-7,14H,5,8-12H2,1H3;2-6,11-12,16H,7-9H2,1H3/t14-;11-,12-/m00/s1. The van der Waals surface area contributed by atoms with Gasteiger partial charge >= 0.3 is 24.1 Å². The van der Waals surface area contributed by atoms with Gasteiger partial charge in [-0.05, 0) is 29.1 Å². The number of esters is 2. The highest BCUT2D eigenvalue weighted by molar-refractivity contribution is 8.18. The second-order valence-electron chi connectivity index (χ2n) is 10.5. The molecule has 3 saturated heterocycles. The van der Waals surface area contributed by atoms with E-state index >= 15 is 0 Å². The van der Waals surface area contributed by atoms with Gasteiger partial charge in [-0.15, -0.1) is 23.5 Å². The van der Waals surface area contributed by atoms with Crippen LogP contribution in [-0.4, -0.2) is 100 Å². The van der Waals surface area contributed by atoms with E-state index in [-0.39, 0.29) is 36.2 Å². The maximum absolute atomic E-state index is 12.6. The molecule has 3 fully saturated rings. The largest absolute Gasteiger partial charge is 0.467 e. The van der Waals surface area contributed by atoms with Crippen LogP contribution >= 0.6 is 23.5 Å². The van der Waals surface area contributed by atoms with Gasteiger partial charge in [0.1, 0.15) is 25.3 Å². The van der Waals surface area contributed by atoms with E-state index in [0.29, 0.717) is 13.0 Å². The van der Waals surface area contributed by atoms with Gasteiger partial charge in [0.2, 0.25) is 0 Å².